The first-order valence-electron chi connectivity index (χ1n) is 9.91. The molecule has 3 aromatic rings. The molecule has 7 heteroatoms. The number of nitriles is 1. The molecule has 0 spiro atoms. The third-order valence-electron chi connectivity index (χ3n) is 5.37. The van der Waals surface area contributed by atoms with Crippen molar-refractivity contribution < 1.29 is 14.3 Å². The Labute approximate surface area is 182 Å². The van der Waals surface area contributed by atoms with Crippen LogP contribution in [0.5, 0.6) is 5.88 Å². The van der Waals surface area contributed by atoms with Crippen molar-refractivity contribution >= 4 is 32.7 Å². The van der Waals surface area contributed by atoms with Gasteiger partial charge in [-0.3, -0.25) is 14.2 Å². The number of nitrogens with zero attached hydrogens (tertiary/aromatic N) is 2. The van der Waals surface area contributed by atoms with E-state index >= 15 is 0 Å². The molecule has 0 fully saturated rings. The Hall–Kier alpha value is -2.85. The number of rotatable bonds is 7. The summed E-state index contributed by atoms with van der Waals surface area (Å²) in [6.45, 7) is 5.59. The van der Waals surface area contributed by atoms with Crippen LogP contribution in [0, 0.1) is 25.2 Å². The van der Waals surface area contributed by atoms with E-state index in [1.807, 2.05) is 18.2 Å². The largest absolute Gasteiger partial charge is 0.494 e. The number of furan rings is 1. The zero-order valence-electron chi connectivity index (χ0n) is 17.2. The normalized spacial score (nSPS) is 11.0. The summed E-state index contributed by atoms with van der Waals surface area (Å²) < 4.78 is 7.74. The molecule has 30 heavy (non-hydrogen) atoms. The van der Waals surface area contributed by atoms with E-state index in [0.717, 1.165) is 33.7 Å². The van der Waals surface area contributed by atoms with Gasteiger partial charge in [0, 0.05) is 22.0 Å². The molecule has 1 aromatic carbocycles. The fraction of sp³-hybridized carbons (Fsp3) is 0.348. The van der Waals surface area contributed by atoms with Gasteiger partial charge in [-0.2, -0.15) is 5.26 Å². The first-order valence-corrected chi connectivity index (χ1v) is 10.7. The molecule has 0 aliphatic rings. The van der Waals surface area contributed by atoms with Gasteiger partial charge in [0.05, 0.1) is 5.56 Å². The second-order valence-electron chi connectivity index (χ2n) is 7.35. The molecule has 3 rings (SSSR count). The number of aromatic nitrogens is 1. The summed E-state index contributed by atoms with van der Waals surface area (Å²) in [5, 5.41) is 21.2. The topological polar surface area (TPSA) is 96.2 Å². The van der Waals surface area contributed by atoms with Crippen LogP contribution in [0.3, 0.4) is 0 Å². The van der Waals surface area contributed by atoms with Gasteiger partial charge in [0.25, 0.3) is 5.56 Å². The maximum Gasteiger partial charge on any atom is 0.271 e. The average Bonchev–Trinajstić information content (AvgIpc) is 3.03. The van der Waals surface area contributed by atoms with Gasteiger partial charge in [-0.15, -0.1) is 0 Å². The lowest BCUT2D eigenvalue weighted by atomic mass is 9.98. The van der Waals surface area contributed by atoms with E-state index in [-0.39, 0.29) is 29.0 Å². The van der Waals surface area contributed by atoms with E-state index in [0.29, 0.717) is 17.6 Å². The van der Waals surface area contributed by atoms with Crippen molar-refractivity contribution in [1.82, 2.24) is 4.57 Å². The number of pyridine rings is 1. The summed E-state index contributed by atoms with van der Waals surface area (Å²) in [5.74, 6) is -0.880. The molecule has 0 aliphatic carbocycles. The van der Waals surface area contributed by atoms with Crippen LogP contribution < -0.4 is 5.56 Å². The van der Waals surface area contributed by atoms with Crippen LogP contribution in [0.25, 0.3) is 11.0 Å². The number of benzene rings is 1. The van der Waals surface area contributed by atoms with Crippen molar-refractivity contribution in [2.24, 2.45) is 0 Å². The van der Waals surface area contributed by atoms with E-state index in [4.69, 9.17) is 4.42 Å². The van der Waals surface area contributed by atoms with Crippen LogP contribution in [-0.2, 0) is 6.54 Å². The fourth-order valence-corrected chi connectivity index (χ4v) is 4.00. The Balaban J connectivity index is 2.15. The number of fused-ring (bicyclic) bond motifs is 1. The maximum atomic E-state index is 13.4. The minimum absolute atomic E-state index is 0.0668. The molecule has 156 valence electrons. The Bertz CT molecular complexity index is 1230. The third kappa shape index (κ3) is 3.80. The minimum Gasteiger partial charge on any atom is -0.494 e. The summed E-state index contributed by atoms with van der Waals surface area (Å²) in [7, 11) is 0. The number of carbonyl (C=O) groups excluding carboxylic acids is 1. The number of halogens is 1. The zero-order valence-corrected chi connectivity index (χ0v) is 18.8. The molecule has 0 saturated carbocycles. The number of ketones is 1. The van der Waals surface area contributed by atoms with Crippen molar-refractivity contribution in [3.63, 3.8) is 0 Å². The van der Waals surface area contributed by atoms with E-state index in [9.17, 15) is 20.0 Å². The van der Waals surface area contributed by atoms with Gasteiger partial charge in [0.15, 0.2) is 5.76 Å². The quantitative estimate of drug-likeness (QED) is 0.370. The Morgan fingerprint density at radius 3 is 2.63 bits per heavy atom. The SMILES string of the molecule is CCCCCCn1c(O)c(C(=O)c2oc3cc(Br)ccc3c2C)c(C)c(C#N)c1=O. The molecule has 6 nitrogen and oxygen atoms in total. The highest BCUT2D eigenvalue weighted by atomic mass is 79.9. The summed E-state index contributed by atoms with van der Waals surface area (Å²) in [6, 6.07) is 7.36. The van der Waals surface area contributed by atoms with Gasteiger partial charge in [0.2, 0.25) is 11.7 Å². The Morgan fingerprint density at radius 1 is 1.23 bits per heavy atom. The number of hydrogen-bond acceptors (Lipinski definition) is 5. The molecule has 0 radical (unpaired) electrons. The molecule has 0 aliphatic heterocycles. The van der Waals surface area contributed by atoms with Crippen molar-refractivity contribution in [1.29, 1.82) is 5.26 Å². The summed E-state index contributed by atoms with van der Waals surface area (Å²) >= 11 is 3.38. The molecule has 0 saturated heterocycles. The van der Waals surface area contributed by atoms with Gasteiger partial charge in [-0.1, -0.05) is 42.1 Å². The first kappa shape index (κ1) is 21.8. The number of aryl methyl sites for hydroxylation is 1. The second-order valence-corrected chi connectivity index (χ2v) is 8.27. The average molecular weight is 471 g/mol. The summed E-state index contributed by atoms with van der Waals surface area (Å²) in [6.07, 6.45) is 3.59. The number of hydrogen-bond donors (Lipinski definition) is 1. The van der Waals surface area contributed by atoms with Crippen molar-refractivity contribution in [2.45, 2.75) is 53.0 Å². The van der Waals surface area contributed by atoms with Gasteiger partial charge in [-0.05, 0) is 44.0 Å². The van der Waals surface area contributed by atoms with Crippen molar-refractivity contribution in [2.75, 3.05) is 0 Å². The minimum atomic E-state index is -0.578. The number of aromatic hydroxyl groups is 1. The van der Waals surface area contributed by atoms with Gasteiger partial charge in [0.1, 0.15) is 17.2 Å². The summed E-state index contributed by atoms with van der Waals surface area (Å²) in [5.41, 5.74) is 0.559. The fourth-order valence-electron chi connectivity index (χ4n) is 3.66. The molecule has 2 aromatic heterocycles. The van der Waals surface area contributed by atoms with Crippen molar-refractivity contribution in [3.8, 4) is 11.9 Å². The van der Waals surface area contributed by atoms with Crippen LogP contribution in [-0.4, -0.2) is 15.5 Å². The number of unbranched alkanes of at least 4 members (excludes halogenated alkanes) is 3. The second kappa shape index (κ2) is 8.88. The summed E-state index contributed by atoms with van der Waals surface area (Å²) in [4.78, 5) is 26.1. The van der Waals surface area contributed by atoms with Crippen molar-refractivity contribution in [3.05, 3.63) is 61.0 Å². The first-order chi connectivity index (χ1) is 14.3. The molecule has 0 unspecified atom stereocenters. The highest BCUT2D eigenvalue weighted by Gasteiger charge is 2.28. The lowest BCUT2D eigenvalue weighted by Gasteiger charge is -2.15. The predicted molar refractivity (Wildman–Crippen MR) is 118 cm³/mol. The highest BCUT2D eigenvalue weighted by molar-refractivity contribution is 9.10. The van der Waals surface area contributed by atoms with Crippen LogP contribution in [0.2, 0.25) is 0 Å². The van der Waals surface area contributed by atoms with Crippen LogP contribution >= 0.6 is 15.9 Å². The lowest BCUT2D eigenvalue weighted by molar-refractivity contribution is 0.100. The molecule has 2 heterocycles. The Kier molecular flexibility index (Phi) is 6.47. The van der Waals surface area contributed by atoms with E-state index in [1.165, 1.54) is 6.92 Å². The monoisotopic (exact) mass is 470 g/mol. The number of carbonyl (C=O) groups is 1. The molecule has 0 amide bonds. The molecular weight excluding hydrogens is 448 g/mol. The van der Waals surface area contributed by atoms with E-state index in [2.05, 4.69) is 22.9 Å². The van der Waals surface area contributed by atoms with Crippen LogP contribution in [0.15, 0.2) is 31.9 Å². The lowest BCUT2D eigenvalue weighted by Crippen LogP contribution is -2.27. The smallest absolute Gasteiger partial charge is 0.271 e. The Morgan fingerprint density at radius 2 is 1.97 bits per heavy atom. The third-order valence-corrected chi connectivity index (χ3v) is 5.86. The van der Waals surface area contributed by atoms with Gasteiger partial charge >= 0.3 is 0 Å². The standard InChI is InChI=1S/C23H23BrN2O4/c1-4-5-6-7-10-26-22(28)17(12-25)13(2)19(23(26)29)20(27)21-14(3)16-9-8-15(24)11-18(16)30-21/h8-9,11,29H,4-7,10H2,1-3H3. The molecular formula is C23H23BrN2O4. The van der Waals surface area contributed by atoms with E-state index in [1.54, 1.807) is 13.0 Å². The van der Waals surface area contributed by atoms with Gasteiger partial charge in [-0.25, -0.2) is 0 Å². The zero-order chi connectivity index (χ0) is 22.0. The highest BCUT2D eigenvalue weighted by Crippen LogP contribution is 2.32. The molecule has 0 atom stereocenters. The maximum absolute atomic E-state index is 13.4. The molecule has 0 bridgehead atoms. The van der Waals surface area contributed by atoms with Gasteiger partial charge < -0.3 is 9.52 Å². The predicted octanol–water partition coefficient (Wildman–Crippen LogP) is 5.36. The van der Waals surface area contributed by atoms with Crippen LogP contribution in [0.1, 0.15) is 65.4 Å². The molecule has 1 N–H and O–H groups in total. The van der Waals surface area contributed by atoms with Crippen LogP contribution in [0.4, 0.5) is 0 Å². The van der Waals surface area contributed by atoms with E-state index < -0.39 is 17.2 Å².